The Kier molecular flexibility index (Phi) is 3.86. The maximum absolute atomic E-state index is 6.15. The zero-order valence-electron chi connectivity index (χ0n) is 8.75. The smallest absolute Gasteiger partial charge is 0.197 e. The van der Waals surface area contributed by atoms with Crippen LogP contribution in [0.3, 0.4) is 0 Å². The van der Waals surface area contributed by atoms with Crippen LogP contribution in [0.5, 0.6) is 5.75 Å². The average Bonchev–Trinajstić information content (AvgIpc) is 2.31. The van der Waals surface area contributed by atoms with E-state index in [0.717, 1.165) is 5.56 Å². The van der Waals surface area contributed by atoms with Crippen LogP contribution in [0.4, 0.5) is 0 Å². The van der Waals surface area contributed by atoms with E-state index in [2.05, 4.69) is 25.9 Å². The molecule has 0 radical (unpaired) electrons. The molecule has 88 valence electrons. The van der Waals surface area contributed by atoms with E-state index in [1.54, 1.807) is 31.5 Å². The lowest BCUT2D eigenvalue weighted by Crippen LogP contribution is -1.90. The van der Waals surface area contributed by atoms with E-state index < -0.39 is 0 Å². The van der Waals surface area contributed by atoms with Gasteiger partial charge in [0.25, 0.3) is 0 Å². The van der Waals surface area contributed by atoms with Crippen molar-refractivity contribution in [1.29, 1.82) is 0 Å². The number of benzene rings is 1. The van der Waals surface area contributed by atoms with E-state index in [4.69, 9.17) is 27.9 Å². The Bertz CT molecular complexity index is 563. The molecule has 0 N–H and O–H groups in total. The van der Waals surface area contributed by atoms with Gasteiger partial charge in [0.15, 0.2) is 4.73 Å². The summed E-state index contributed by atoms with van der Waals surface area (Å²) in [6.45, 7) is 0. The zero-order chi connectivity index (χ0) is 12.4. The molecule has 0 atom stereocenters. The standard InChI is InChI=1S/C11H7BrCl2N2O/c1-17-10-5-7(13)6(4-8(10)14)9-2-3-15-11(12)16-9/h2-5H,1H3. The van der Waals surface area contributed by atoms with Crippen LogP contribution in [-0.4, -0.2) is 17.1 Å². The second-order valence-electron chi connectivity index (χ2n) is 3.18. The van der Waals surface area contributed by atoms with Crippen molar-refractivity contribution >= 4 is 39.1 Å². The lowest BCUT2D eigenvalue weighted by atomic mass is 10.1. The minimum atomic E-state index is 0.488. The van der Waals surface area contributed by atoms with E-state index in [-0.39, 0.29) is 0 Å². The molecule has 3 nitrogen and oxygen atoms in total. The van der Waals surface area contributed by atoms with Crippen molar-refractivity contribution in [3.63, 3.8) is 0 Å². The van der Waals surface area contributed by atoms with Gasteiger partial charge in [0.2, 0.25) is 0 Å². The zero-order valence-corrected chi connectivity index (χ0v) is 11.8. The molecular weight excluding hydrogens is 327 g/mol. The van der Waals surface area contributed by atoms with E-state index in [1.165, 1.54) is 0 Å². The van der Waals surface area contributed by atoms with Crippen LogP contribution >= 0.6 is 39.1 Å². The fourth-order valence-electron chi connectivity index (χ4n) is 1.37. The molecular formula is C11H7BrCl2N2O. The highest BCUT2D eigenvalue weighted by Gasteiger charge is 2.11. The van der Waals surface area contributed by atoms with Crippen molar-refractivity contribution in [1.82, 2.24) is 9.97 Å². The number of nitrogens with zero attached hydrogens (tertiary/aromatic N) is 2. The lowest BCUT2D eigenvalue weighted by molar-refractivity contribution is 0.415. The summed E-state index contributed by atoms with van der Waals surface area (Å²) in [5.41, 5.74) is 1.43. The third-order valence-electron chi connectivity index (χ3n) is 2.14. The molecule has 0 bridgehead atoms. The highest BCUT2D eigenvalue weighted by atomic mass is 79.9. The quantitative estimate of drug-likeness (QED) is 0.772. The summed E-state index contributed by atoms with van der Waals surface area (Å²) in [5.74, 6) is 0.536. The summed E-state index contributed by atoms with van der Waals surface area (Å²) in [6.07, 6.45) is 1.64. The Hall–Kier alpha value is -0.840. The van der Waals surface area contributed by atoms with Gasteiger partial charge >= 0.3 is 0 Å². The molecule has 2 aromatic rings. The second-order valence-corrected chi connectivity index (χ2v) is 4.70. The van der Waals surface area contributed by atoms with Crippen molar-refractivity contribution in [3.8, 4) is 17.0 Å². The predicted molar refractivity (Wildman–Crippen MR) is 71.7 cm³/mol. The largest absolute Gasteiger partial charge is 0.495 e. The predicted octanol–water partition coefficient (Wildman–Crippen LogP) is 4.22. The van der Waals surface area contributed by atoms with Crippen LogP contribution in [0.25, 0.3) is 11.3 Å². The summed E-state index contributed by atoms with van der Waals surface area (Å²) in [7, 11) is 1.54. The second kappa shape index (κ2) is 5.21. The highest BCUT2D eigenvalue weighted by molar-refractivity contribution is 9.10. The Labute approximate surface area is 117 Å². The minimum Gasteiger partial charge on any atom is -0.495 e. The number of ether oxygens (including phenoxy) is 1. The number of rotatable bonds is 2. The maximum Gasteiger partial charge on any atom is 0.197 e. The van der Waals surface area contributed by atoms with Crippen molar-refractivity contribution in [2.24, 2.45) is 0 Å². The highest BCUT2D eigenvalue weighted by Crippen LogP contribution is 2.35. The molecule has 0 saturated carbocycles. The summed E-state index contributed by atoms with van der Waals surface area (Å²) < 4.78 is 5.58. The van der Waals surface area contributed by atoms with Gasteiger partial charge in [-0.1, -0.05) is 23.2 Å². The summed E-state index contributed by atoms with van der Waals surface area (Å²) in [4.78, 5) is 8.18. The van der Waals surface area contributed by atoms with Gasteiger partial charge in [-0.2, -0.15) is 0 Å². The lowest BCUT2D eigenvalue weighted by Gasteiger charge is -2.08. The number of halogens is 3. The fraction of sp³-hybridized carbons (Fsp3) is 0.0909. The topological polar surface area (TPSA) is 35.0 Å². The van der Waals surface area contributed by atoms with Crippen LogP contribution in [0.15, 0.2) is 29.1 Å². The first kappa shape index (κ1) is 12.6. The molecule has 0 amide bonds. The van der Waals surface area contributed by atoms with Crippen molar-refractivity contribution in [2.75, 3.05) is 7.11 Å². The molecule has 1 heterocycles. The summed E-state index contributed by atoms with van der Waals surface area (Å²) >= 11 is 15.4. The van der Waals surface area contributed by atoms with E-state index in [0.29, 0.717) is 26.2 Å². The van der Waals surface area contributed by atoms with Gasteiger partial charge in [0.05, 0.1) is 22.8 Å². The molecule has 0 spiro atoms. The molecule has 0 aliphatic rings. The van der Waals surface area contributed by atoms with E-state index in [9.17, 15) is 0 Å². The van der Waals surface area contributed by atoms with E-state index in [1.807, 2.05) is 0 Å². The van der Waals surface area contributed by atoms with Crippen LogP contribution in [0, 0.1) is 0 Å². The Balaban J connectivity index is 2.56. The van der Waals surface area contributed by atoms with Crippen molar-refractivity contribution in [3.05, 3.63) is 39.2 Å². The van der Waals surface area contributed by atoms with Gasteiger partial charge in [0.1, 0.15) is 5.75 Å². The van der Waals surface area contributed by atoms with Crippen LogP contribution < -0.4 is 4.74 Å². The van der Waals surface area contributed by atoms with Gasteiger partial charge in [-0.15, -0.1) is 0 Å². The number of hydrogen-bond acceptors (Lipinski definition) is 3. The first-order chi connectivity index (χ1) is 8.11. The SMILES string of the molecule is COc1cc(Cl)c(-c2ccnc(Br)n2)cc1Cl. The maximum atomic E-state index is 6.15. The normalized spacial score (nSPS) is 10.4. The Morgan fingerprint density at radius 1 is 1.24 bits per heavy atom. The molecule has 1 aromatic heterocycles. The fourth-order valence-corrected chi connectivity index (χ4v) is 2.17. The molecule has 1 aromatic carbocycles. The number of aromatic nitrogens is 2. The molecule has 0 aliphatic carbocycles. The third kappa shape index (κ3) is 2.70. The van der Waals surface area contributed by atoms with Crippen LogP contribution in [0.2, 0.25) is 10.0 Å². The molecule has 0 fully saturated rings. The minimum absolute atomic E-state index is 0.488. The van der Waals surface area contributed by atoms with Crippen LogP contribution in [0.1, 0.15) is 0 Å². The molecule has 6 heteroatoms. The molecule has 0 unspecified atom stereocenters. The van der Waals surface area contributed by atoms with Gasteiger partial charge < -0.3 is 4.74 Å². The summed E-state index contributed by atoms with van der Waals surface area (Å²) in [6, 6.07) is 5.14. The monoisotopic (exact) mass is 332 g/mol. The van der Waals surface area contributed by atoms with E-state index >= 15 is 0 Å². The number of hydrogen-bond donors (Lipinski definition) is 0. The number of methoxy groups -OCH3 is 1. The first-order valence-corrected chi connectivity index (χ1v) is 6.18. The Morgan fingerprint density at radius 2 is 2.00 bits per heavy atom. The molecule has 0 saturated heterocycles. The van der Waals surface area contributed by atoms with Gasteiger partial charge in [0, 0.05) is 17.8 Å². The third-order valence-corrected chi connectivity index (χ3v) is 3.13. The molecule has 0 aliphatic heterocycles. The van der Waals surface area contributed by atoms with Gasteiger partial charge in [-0.3, -0.25) is 0 Å². The average molecular weight is 334 g/mol. The van der Waals surface area contributed by atoms with Crippen molar-refractivity contribution in [2.45, 2.75) is 0 Å². The molecule has 2 rings (SSSR count). The van der Waals surface area contributed by atoms with Gasteiger partial charge in [-0.25, -0.2) is 9.97 Å². The van der Waals surface area contributed by atoms with Crippen LogP contribution in [-0.2, 0) is 0 Å². The Morgan fingerprint density at radius 3 is 2.65 bits per heavy atom. The molecule has 17 heavy (non-hydrogen) atoms. The first-order valence-electron chi connectivity index (χ1n) is 4.64. The van der Waals surface area contributed by atoms with Gasteiger partial charge in [-0.05, 0) is 28.1 Å². The van der Waals surface area contributed by atoms with Crippen molar-refractivity contribution < 1.29 is 4.74 Å². The summed E-state index contributed by atoms with van der Waals surface area (Å²) in [5, 5.41) is 1.01.